The van der Waals surface area contributed by atoms with Gasteiger partial charge in [0.2, 0.25) is 5.91 Å². The van der Waals surface area contributed by atoms with E-state index in [0.29, 0.717) is 18.0 Å². The second kappa shape index (κ2) is 8.78. The number of benzene rings is 2. The third-order valence-corrected chi connectivity index (χ3v) is 6.09. The molecule has 1 fully saturated rings. The molecule has 2 aliphatic rings. The Balaban J connectivity index is 1.70. The second-order valence-corrected chi connectivity index (χ2v) is 7.80. The first-order chi connectivity index (χ1) is 14.6. The molecule has 0 N–H and O–H groups in total. The molecular weight excluding hydrogens is 380 g/mol. The van der Waals surface area contributed by atoms with Gasteiger partial charge >= 0.3 is 0 Å². The lowest BCUT2D eigenvalue weighted by Gasteiger charge is -2.38. The standard InChI is InChI=1S/C24H28N2O4/c1-28-18-11-8-16(9-12-18)15-26-24(27)20-7-5-4-6-19(20)23(25-26)17-10-13-21(29-2)22(14-17)30-3/h8-14,19-20H,4-7,15H2,1-3H3. The zero-order valence-electron chi connectivity index (χ0n) is 17.8. The molecule has 1 aliphatic heterocycles. The number of hydrogen-bond donors (Lipinski definition) is 0. The van der Waals surface area contributed by atoms with E-state index < -0.39 is 0 Å². The van der Waals surface area contributed by atoms with Crippen molar-refractivity contribution in [3.8, 4) is 17.2 Å². The Labute approximate surface area is 177 Å². The van der Waals surface area contributed by atoms with Crippen LogP contribution in [0.2, 0.25) is 0 Å². The fourth-order valence-corrected chi connectivity index (χ4v) is 4.48. The van der Waals surface area contributed by atoms with Crippen molar-refractivity contribution in [2.75, 3.05) is 21.3 Å². The third kappa shape index (κ3) is 3.86. The zero-order valence-corrected chi connectivity index (χ0v) is 17.8. The first-order valence-corrected chi connectivity index (χ1v) is 10.4. The van der Waals surface area contributed by atoms with Crippen molar-refractivity contribution >= 4 is 11.6 Å². The molecule has 4 rings (SSSR count). The van der Waals surface area contributed by atoms with Gasteiger partial charge in [-0.3, -0.25) is 4.79 Å². The number of ether oxygens (including phenoxy) is 3. The molecule has 2 aromatic rings. The maximum absolute atomic E-state index is 13.2. The van der Waals surface area contributed by atoms with E-state index in [9.17, 15) is 4.79 Å². The summed E-state index contributed by atoms with van der Waals surface area (Å²) in [4.78, 5) is 13.2. The molecule has 0 radical (unpaired) electrons. The Kier molecular flexibility index (Phi) is 5.93. The van der Waals surface area contributed by atoms with Gasteiger partial charge in [0.1, 0.15) is 5.75 Å². The molecule has 6 heteroatoms. The van der Waals surface area contributed by atoms with Crippen LogP contribution in [0.15, 0.2) is 47.6 Å². The van der Waals surface area contributed by atoms with Crippen molar-refractivity contribution < 1.29 is 19.0 Å². The van der Waals surface area contributed by atoms with E-state index in [-0.39, 0.29) is 17.7 Å². The molecule has 0 aromatic heterocycles. The van der Waals surface area contributed by atoms with Crippen molar-refractivity contribution in [3.05, 3.63) is 53.6 Å². The summed E-state index contributed by atoms with van der Waals surface area (Å²) in [5.41, 5.74) is 2.97. The van der Waals surface area contributed by atoms with E-state index in [2.05, 4.69) is 0 Å². The molecule has 0 saturated heterocycles. The van der Waals surface area contributed by atoms with Crippen LogP contribution >= 0.6 is 0 Å². The van der Waals surface area contributed by atoms with Crippen molar-refractivity contribution in [2.45, 2.75) is 32.2 Å². The Morgan fingerprint density at radius 3 is 2.27 bits per heavy atom. The Morgan fingerprint density at radius 1 is 0.900 bits per heavy atom. The highest BCUT2D eigenvalue weighted by molar-refractivity contribution is 6.07. The van der Waals surface area contributed by atoms with Crippen molar-refractivity contribution in [3.63, 3.8) is 0 Å². The quantitative estimate of drug-likeness (QED) is 0.716. The number of rotatable bonds is 6. The van der Waals surface area contributed by atoms with Gasteiger partial charge in [-0.15, -0.1) is 0 Å². The van der Waals surface area contributed by atoms with Gasteiger partial charge in [0, 0.05) is 17.4 Å². The SMILES string of the molecule is COc1ccc(CN2N=C(c3ccc(OC)c(OC)c3)C3CCCCC3C2=O)cc1. The largest absolute Gasteiger partial charge is 0.497 e. The van der Waals surface area contributed by atoms with Crippen LogP contribution < -0.4 is 14.2 Å². The van der Waals surface area contributed by atoms with Gasteiger partial charge in [0.15, 0.2) is 11.5 Å². The highest BCUT2D eigenvalue weighted by atomic mass is 16.5. The van der Waals surface area contributed by atoms with E-state index in [1.807, 2.05) is 42.5 Å². The van der Waals surface area contributed by atoms with E-state index in [0.717, 1.165) is 48.3 Å². The van der Waals surface area contributed by atoms with Gasteiger partial charge in [-0.25, -0.2) is 5.01 Å². The molecular formula is C24H28N2O4. The van der Waals surface area contributed by atoms with Gasteiger partial charge in [-0.1, -0.05) is 25.0 Å². The van der Waals surface area contributed by atoms with Gasteiger partial charge in [-0.05, 0) is 48.7 Å². The molecule has 30 heavy (non-hydrogen) atoms. The van der Waals surface area contributed by atoms with Gasteiger partial charge < -0.3 is 14.2 Å². The van der Waals surface area contributed by atoms with Crippen LogP contribution in [0, 0.1) is 11.8 Å². The molecule has 2 atom stereocenters. The average Bonchev–Trinajstić information content (AvgIpc) is 2.81. The number of methoxy groups -OCH3 is 3. The third-order valence-electron chi connectivity index (χ3n) is 6.09. The van der Waals surface area contributed by atoms with Crippen molar-refractivity contribution in [1.82, 2.24) is 5.01 Å². The zero-order chi connectivity index (χ0) is 21.1. The highest BCUT2D eigenvalue weighted by Gasteiger charge is 2.41. The van der Waals surface area contributed by atoms with Crippen LogP contribution in [0.25, 0.3) is 0 Å². The minimum absolute atomic E-state index is 0.0161. The maximum atomic E-state index is 13.2. The number of nitrogens with zero attached hydrogens (tertiary/aromatic N) is 2. The molecule has 158 valence electrons. The summed E-state index contributed by atoms with van der Waals surface area (Å²) in [6, 6.07) is 13.6. The second-order valence-electron chi connectivity index (χ2n) is 7.80. The van der Waals surface area contributed by atoms with Gasteiger partial charge in [0.05, 0.1) is 33.6 Å². The molecule has 1 amide bonds. The molecule has 0 bridgehead atoms. The molecule has 2 aromatic carbocycles. The first-order valence-electron chi connectivity index (χ1n) is 10.4. The topological polar surface area (TPSA) is 60.4 Å². The minimum atomic E-state index is -0.0161. The number of hydrogen-bond acceptors (Lipinski definition) is 5. The Hall–Kier alpha value is -3.02. The van der Waals surface area contributed by atoms with Crippen LogP contribution in [0.4, 0.5) is 0 Å². The normalized spacial score (nSPS) is 21.0. The average molecular weight is 408 g/mol. The van der Waals surface area contributed by atoms with E-state index in [4.69, 9.17) is 19.3 Å². The molecule has 1 saturated carbocycles. The fourth-order valence-electron chi connectivity index (χ4n) is 4.48. The lowest BCUT2D eigenvalue weighted by Crippen LogP contribution is -2.45. The lowest BCUT2D eigenvalue weighted by atomic mass is 9.73. The lowest BCUT2D eigenvalue weighted by molar-refractivity contribution is -0.139. The van der Waals surface area contributed by atoms with E-state index in [1.165, 1.54) is 0 Å². The Morgan fingerprint density at radius 2 is 1.60 bits per heavy atom. The number of fused-ring (bicyclic) bond motifs is 1. The number of hydrazone groups is 1. The van der Waals surface area contributed by atoms with E-state index >= 15 is 0 Å². The molecule has 1 heterocycles. The van der Waals surface area contributed by atoms with Crippen molar-refractivity contribution in [1.29, 1.82) is 0 Å². The van der Waals surface area contributed by atoms with Crippen LogP contribution in [0.3, 0.4) is 0 Å². The molecule has 2 unspecified atom stereocenters. The Bertz CT molecular complexity index is 939. The summed E-state index contributed by atoms with van der Waals surface area (Å²) in [6.45, 7) is 0.447. The number of carbonyl (C=O) groups excluding carboxylic acids is 1. The number of amides is 1. The highest BCUT2D eigenvalue weighted by Crippen LogP contribution is 2.39. The first kappa shape index (κ1) is 20.3. The molecule has 6 nitrogen and oxygen atoms in total. The minimum Gasteiger partial charge on any atom is -0.497 e. The molecule has 0 spiro atoms. The summed E-state index contributed by atoms with van der Waals surface area (Å²) in [6.07, 6.45) is 4.11. The summed E-state index contributed by atoms with van der Waals surface area (Å²) >= 11 is 0. The van der Waals surface area contributed by atoms with E-state index in [1.54, 1.807) is 26.3 Å². The molecule has 1 aliphatic carbocycles. The smallest absolute Gasteiger partial charge is 0.246 e. The monoisotopic (exact) mass is 408 g/mol. The fraction of sp³-hybridized carbons (Fsp3) is 0.417. The predicted molar refractivity (Wildman–Crippen MR) is 115 cm³/mol. The van der Waals surface area contributed by atoms with Crippen LogP contribution in [0.5, 0.6) is 17.2 Å². The number of carbonyl (C=O) groups is 1. The van der Waals surface area contributed by atoms with Crippen molar-refractivity contribution in [2.24, 2.45) is 16.9 Å². The van der Waals surface area contributed by atoms with Crippen LogP contribution in [0.1, 0.15) is 36.8 Å². The predicted octanol–water partition coefficient (Wildman–Crippen LogP) is 4.27. The summed E-state index contributed by atoms with van der Waals surface area (Å²) in [5.74, 6) is 2.41. The summed E-state index contributed by atoms with van der Waals surface area (Å²) in [7, 11) is 4.90. The van der Waals surface area contributed by atoms with Crippen LogP contribution in [-0.2, 0) is 11.3 Å². The van der Waals surface area contributed by atoms with Gasteiger partial charge in [-0.2, -0.15) is 5.10 Å². The van der Waals surface area contributed by atoms with Crippen LogP contribution in [-0.4, -0.2) is 38.0 Å². The summed E-state index contributed by atoms with van der Waals surface area (Å²) in [5, 5.41) is 6.50. The summed E-state index contributed by atoms with van der Waals surface area (Å²) < 4.78 is 16.1. The maximum Gasteiger partial charge on any atom is 0.246 e. The van der Waals surface area contributed by atoms with Gasteiger partial charge in [0.25, 0.3) is 0 Å².